The van der Waals surface area contributed by atoms with Crippen LogP contribution in [-0.4, -0.2) is 39.2 Å². The first-order valence-corrected chi connectivity index (χ1v) is 6.39. The number of hydrogen-bond acceptors (Lipinski definition) is 2. The van der Waals surface area contributed by atoms with Gasteiger partial charge in [-0.2, -0.15) is 0 Å². The summed E-state index contributed by atoms with van der Waals surface area (Å²) in [5, 5.41) is 3.31. The molecule has 1 atom stereocenters. The van der Waals surface area contributed by atoms with Crippen molar-refractivity contribution in [3.63, 3.8) is 0 Å². The molecule has 0 bridgehead atoms. The van der Waals surface area contributed by atoms with Crippen molar-refractivity contribution < 1.29 is 14.4 Å². The molecule has 1 amide bonds. The molecule has 1 aromatic carbocycles. The number of ether oxygens (including phenoxy) is 1. The van der Waals surface area contributed by atoms with Crippen molar-refractivity contribution in [2.24, 2.45) is 0 Å². The number of amides is 1. The quantitative estimate of drug-likeness (QED) is 0.690. The molecule has 1 unspecified atom stereocenters. The Kier molecular flexibility index (Phi) is 6.80. The molecule has 0 aliphatic rings. The van der Waals surface area contributed by atoms with E-state index in [9.17, 15) is 4.79 Å². The Bertz CT molecular complexity index is 440. The first-order chi connectivity index (χ1) is 9.11. The maximum absolute atomic E-state index is 11.4. The van der Waals surface area contributed by atoms with Crippen LogP contribution in [0.25, 0.3) is 0 Å². The maximum atomic E-state index is 11.4. The van der Waals surface area contributed by atoms with Gasteiger partial charge in [-0.1, -0.05) is 17.5 Å². The van der Waals surface area contributed by atoms with Crippen LogP contribution >= 0.6 is 11.6 Å². The molecule has 0 saturated carbocycles. The third-order valence-corrected chi connectivity index (χ3v) is 2.71. The van der Waals surface area contributed by atoms with Gasteiger partial charge >= 0.3 is 0 Å². The molecule has 0 saturated heterocycles. The lowest BCUT2D eigenvalue weighted by Gasteiger charge is -2.13. The van der Waals surface area contributed by atoms with E-state index in [1.807, 2.05) is 19.2 Å². The fourth-order valence-electron chi connectivity index (χ4n) is 1.45. The van der Waals surface area contributed by atoms with Gasteiger partial charge in [0, 0.05) is 5.02 Å². The second kappa shape index (κ2) is 8.41. The normalized spacial score (nSPS) is 11.4. The minimum absolute atomic E-state index is 0.0538. The van der Waals surface area contributed by atoms with Gasteiger partial charge in [0.25, 0.3) is 5.91 Å². The van der Waals surface area contributed by atoms with Gasteiger partial charge in [0.2, 0.25) is 0 Å². The monoisotopic (exact) mass is 281 g/mol. The van der Waals surface area contributed by atoms with E-state index in [0.717, 1.165) is 17.2 Å². The van der Waals surface area contributed by atoms with E-state index in [2.05, 4.69) is 11.2 Å². The second-order valence-electron chi connectivity index (χ2n) is 4.17. The lowest BCUT2D eigenvalue weighted by atomic mass is 10.3. The number of hydrogen-bond donors (Lipinski definition) is 2. The molecule has 0 fully saturated rings. The van der Waals surface area contributed by atoms with Gasteiger partial charge < -0.3 is 15.0 Å². The van der Waals surface area contributed by atoms with E-state index in [4.69, 9.17) is 22.8 Å². The summed E-state index contributed by atoms with van der Waals surface area (Å²) in [6, 6.07) is 7.19. The standard InChI is InChI=1S/C14H17ClN2O2/c1-3-8-16-14(18)11-17(2)9-10-19-13-6-4-12(15)5-7-13/h1,4-7H,8-11H2,2H3,(H,16,18)/p+1. The number of quaternary nitrogens is 1. The molecule has 1 rings (SSSR count). The van der Waals surface area contributed by atoms with Crippen molar-refractivity contribution in [3.8, 4) is 18.1 Å². The van der Waals surface area contributed by atoms with E-state index in [0.29, 0.717) is 18.2 Å². The molecule has 0 heterocycles. The molecule has 0 radical (unpaired) electrons. The summed E-state index contributed by atoms with van der Waals surface area (Å²) in [5.41, 5.74) is 0. The summed E-state index contributed by atoms with van der Waals surface area (Å²) in [4.78, 5) is 12.5. The highest BCUT2D eigenvalue weighted by molar-refractivity contribution is 6.30. The zero-order valence-corrected chi connectivity index (χ0v) is 11.7. The third kappa shape index (κ3) is 6.70. The SMILES string of the molecule is C#CCNC(=O)C[NH+](C)CCOc1ccc(Cl)cc1. The van der Waals surface area contributed by atoms with Gasteiger partial charge in [0.1, 0.15) is 18.9 Å². The van der Waals surface area contributed by atoms with Crippen LogP contribution in [-0.2, 0) is 4.79 Å². The number of carbonyl (C=O) groups is 1. The van der Waals surface area contributed by atoms with Gasteiger partial charge in [-0.25, -0.2) is 0 Å². The summed E-state index contributed by atoms with van der Waals surface area (Å²) in [5.74, 6) is 3.08. The van der Waals surface area contributed by atoms with Gasteiger partial charge in [-0.3, -0.25) is 4.79 Å². The summed E-state index contributed by atoms with van der Waals surface area (Å²) < 4.78 is 5.55. The van der Waals surface area contributed by atoms with Crippen LogP contribution in [0.3, 0.4) is 0 Å². The minimum atomic E-state index is -0.0538. The Labute approximate surface area is 118 Å². The van der Waals surface area contributed by atoms with Crippen LogP contribution < -0.4 is 15.0 Å². The minimum Gasteiger partial charge on any atom is -0.488 e. The van der Waals surface area contributed by atoms with E-state index >= 15 is 0 Å². The Balaban J connectivity index is 2.20. The molecule has 0 spiro atoms. The summed E-state index contributed by atoms with van der Waals surface area (Å²) in [6.07, 6.45) is 5.06. The molecule has 19 heavy (non-hydrogen) atoms. The predicted molar refractivity (Wildman–Crippen MR) is 75.4 cm³/mol. The highest BCUT2D eigenvalue weighted by Gasteiger charge is 2.08. The number of terminal acetylenes is 1. The zero-order valence-electron chi connectivity index (χ0n) is 10.9. The molecule has 5 heteroatoms. The Morgan fingerprint density at radius 3 is 2.79 bits per heavy atom. The number of carbonyl (C=O) groups excluding carboxylic acids is 1. The Hall–Kier alpha value is -1.70. The van der Waals surface area contributed by atoms with Gasteiger partial charge in [-0.05, 0) is 24.3 Å². The molecule has 1 aromatic rings. The van der Waals surface area contributed by atoms with Gasteiger partial charge in [0.05, 0.1) is 13.6 Å². The van der Waals surface area contributed by atoms with Crippen molar-refractivity contribution in [2.45, 2.75) is 0 Å². The van der Waals surface area contributed by atoms with Crippen molar-refractivity contribution in [3.05, 3.63) is 29.3 Å². The van der Waals surface area contributed by atoms with Crippen LogP contribution in [0.15, 0.2) is 24.3 Å². The number of benzene rings is 1. The largest absolute Gasteiger partial charge is 0.488 e. The van der Waals surface area contributed by atoms with Crippen molar-refractivity contribution in [1.29, 1.82) is 0 Å². The molecular weight excluding hydrogens is 264 g/mol. The topological polar surface area (TPSA) is 42.8 Å². The molecular formula is C14H18ClN2O2+. The van der Waals surface area contributed by atoms with Crippen LogP contribution in [0.5, 0.6) is 5.75 Å². The smallest absolute Gasteiger partial charge is 0.275 e. The zero-order chi connectivity index (χ0) is 14.1. The third-order valence-electron chi connectivity index (χ3n) is 2.46. The second-order valence-corrected chi connectivity index (χ2v) is 4.60. The molecule has 102 valence electrons. The highest BCUT2D eigenvalue weighted by Crippen LogP contribution is 2.14. The summed E-state index contributed by atoms with van der Waals surface area (Å²) in [7, 11) is 1.93. The Morgan fingerprint density at radius 1 is 1.47 bits per heavy atom. The summed E-state index contributed by atoms with van der Waals surface area (Å²) in [6.45, 7) is 1.92. The van der Waals surface area contributed by atoms with Crippen LogP contribution in [0.4, 0.5) is 0 Å². The van der Waals surface area contributed by atoms with Gasteiger partial charge in [0.15, 0.2) is 6.54 Å². The molecule has 4 nitrogen and oxygen atoms in total. The molecule has 0 aromatic heterocycles. The average molecular weight is 282 g/mol. The molecule has 0 aliphatic carbocycles. The van der Waals surface area contributed by atoms with E-state index in [-0.39, 0.29) is 12.5 Å². The molecule has 2 N–H and O–H groups in total. The first kappa shape index (κ1) is 15.4. The molecule has 0 aliphatic heterocycles. The highest BCUT2D eigenvalue weighted by atomic mass is 35.5. The lowest BCUT2D eigenvalue weighted by Crippen LogP contribution is -3.10. The fourth-order valence-corrected chi connectivity index (χ4v) is 1.57. The van der Waals surface area contributed by atoms with E-state index in [1.54, 1.807) is 12.1 Å². The Morgan fingerprint density at radius 2 is 2.16 bits per heavy atom. The first-order valence-electron chi connectivity index (χ1n) is 6.01. The van der Waals surface area contributed by atoms with Crippen molar-refractivity contribution >= 4 is 17.5 Å². The predicted octanol–water partition coefficient (Wildman–Crippen LogP) is -0.0171. The van der Waals surface area contributed by atoms with E-state index < -0.39 is 0 Å². The number of rotatable bonds is 7. The number of likely N-dealkylation sites (N-methyl/N-ethyl adjacent to an activating group) is 1. The lowest BCUT2D eigenvalue weighted by molar-refractivity contribution is -0.871. The van der Waals surface area contributed by atoms with Crippen LogP contribution in [0.2, 0.25) is 5.02 Å². The van der Waals surface area contributed by atoms with Crippen molar-refractivity contribution in [1.82, 2.24) is 5.32 Å². The average Bonchev–Trinajstić information content (AvgIpc) is 2.38. The fraction of sp³-hybridized carbons (Fsp3) is 0.357. The maximum Gasteiger partial charge on any atom is 0.275 e. The van der Waals surface area contributed by atoms with Crippen LogP contribution in [0.1, 0.15) is 0 Å². The number of nitrogens with one attached hydrogen (secondary N) is 2. The van der Waals surface area contributed by atoms with E-state index in [1.165, 1.54) is 0 Å². The summed E-state index contributed by atoms with van der Waals surface area (Å²) >= 11 is 5.78. The van der Waals surface area contributed by atoms with Crippen molar-refractivity contribution in [2.75, 3.05) is 33.3 Å². The van der Waals surface area contributed by atoms with Crippen LogP contribution in [0, 0.1) is 12.3 Å². The van der Waals surface area contributed by atoms with Gasteiger partial charge in [-0.15, -0.1) is 6.42 Å². The number of halogens is 1.